The molecule has 5 nitrogen and oxygen atoms in total. The standard InChI is InChI=1S/C11H22N2O3/c1-4-5-11(15)12-6-7-13(10(2)14)8-9-16-3/h4-9H2,1-3H3,(H,12,15). The van der Waals surface area contributed by atoms with Gasteiger partial charge in [-0.3, -0.25) is 9.59 Å². The molecule has 0 aromatic carbocycles. The number of carbonyl (C=O) groups is 2. The molecule has 94 valence electrons. The maximum Gasteiger partial charge on any atom is 0.220 e. The molecule has 0 aromatic rings. The molecule has 0 bridgehead atoms. The van der Waals surface area contributed by atoms with E-state index in [9.17, 15) is 9.59 Å². The van der Waals surface area contributed by atoms with Crippen molar-refractivity contribution in [3.05, 3.63) is 0 Å². The van der Waals surface area contributed by atoms with Gasteiger partial charge in [0.1, 0.15) is 0 Å². The van der Waals surface area contributed by atoms with Crippen LogP contribution in [0.25, 0.3) is 0 Å². The number of hydrogen-bond donors (Lipinski definition) is 1. The Morgan fingerprint density at radius 1 is 1.31 bits per heavy atom. The summed E-state index contributed by atoms with van der Waals surface area (Å²) in [7, 11) is 1.60. The van der Waals surface area contributed by atoms with Gasteiger partial charge < -0.3 is 15.0 Å². The Hall–Kier alpha value is -1.10. The maximum absolute atomic E-state index is 11.2. The second-order valence-electron chi connectivity index (χ2n) is 3.60. The van der Waals surface area contributed by atoms with Gasteiger partial charge in [0, 0.05) is 40.1 Å². The zero-order valence-electron chi connectivity index (χ0n) is 10.4. The first-order chi connectivity index (χ1) is 7.61. The molecular weight excluding hydrogens is 208 g/mol. The van der Waals surface area contributed by atoms with Gasteiger partial charge in [-0.25, -0.2) is 0 Å². The molecule has 0 heterocycles. The van der Waals surface area contributed by atoms with Crippen molar-refractivity contribution in [3.63, 3.8) is 0 Å². The van der Waals surface area contributed by atoms with E-state index >= 15 is 0 Å². The fourth-order valence-corrected chi connectivity index (χ4v) is 1.27. The van der Waals surface area contributed by atoms with Crippen molar-refractivity contribution in [2.24, 2.45) is 0 Å². The van der Waals surface area contributed by atoms with Crippen molar-refractivity contribution in [2.75, 3.05) is 33.4 Å². The van der Waals surface area contributed by atoms with E-state index in [2.05, 4.69) is 5.32 Å². The molecule has 0 aromatic heterocycles. The van der Waals surface area contributed by atoms with Crippen LogP contribution < -0.4 is 5.32 Å². The number of ether oxygens (including phenoxy) is 1. The Morgan fingerprint density at radius 3 is 2.50 bits per heavy atom. The van der Waals surface area contributed by atoms with Crippen LogP contribution in [0.2, 0.25) is 0 Å². The monoisotopic (exact) mass is 230 g/mol. The maximum atomic E-state index is 11.2. The van der Waals surface area contributed by atoms with Gasteiger partial charge in [0.25, 0.3) is 0 Å². The van der Waals surface area contributed by atoms with Gasteiger partial charge in [-0.15, -0.1) is 0 Å². The molecule has 0 saturated heterocycles. The highest BCUT2D eigenvalue weighted by Crippen LogP contribution is 1.90. The number of amides is 2. The molecule has 0 aliphatic carbocycles. The van der Waals surface area contributed by atoms with E-state index in [-0.39, 0.29) is 11.8 Å². The highest BCUT2D eigenvalue weighted by Gasteiger charge is 2.08. The molecule has 0 rings (SSSR count). The SMILES string of the molecule is CCCC(=O)NCCN(CCOC)C(C)=O. The van der Waals surface area contributed by atoms with E-state index in [1.165, 1.54) is 6.92 Å². The Morgan fingerprint density at radius 2 is 2.00 bits per heavy atom. The summed E-state index contributed by atoms with van der Waals surface area (Å²) in [6, 6.07) is 0. The first kappa shape index (κ1) is 14.9. The van der Waals surface area contributed by atoms with Crippen LogP contribution in [-0.2, 0) is 14.3 Å². The lowest BCUT2D eigenvalue weighted by atomic mass is 10.3. The summed E-state index contributed by atoms with van der Waals surface area (Å²) >= 11 is 0. The van der Waals surface area contributed by atoms with Crippen molar-refractivity contribution in [2.45, 2.75) is 26.7 Å². The van der Waals surface area contributed by atoms with Crippen LogP contribution in [0.3, 0.4) is 0 Å². The van der Waals surface area contributed by atoms with Gasteiger partial charge in [-0.1, -0.05) is 6.92 Å². The minimum Gasteiger partial charge on any atom is -0.383 e. The smallest absolute Gasteiger partial charge is 0.220 e. The van der Waals surface area contributed by atoms with Crippen LogP contribution in [0.5, 0.6) is 0 Å². The second-order valence-corrected chi connectivity index (χ2v) is 3.60. The molecule has 0 aliphatic rings. The van der Waals surface area contributed by atoms with Crippen LogP contribution in [-0.4, -0.2) is 50.1 Å². The van der Waals surface area contributed by atoms with Gasteiger partial charge in [0.15, 0.2) is 0 Å². The summed E-state index contributed by atoms with van der Waals surface area (Å²) in [5, 5.41) is 2.77. The van der Waals surface area contributed by atoms with Crippen molar-refractivity contribution in [1.82, 2.24) is 10.2 Å². The average molecular weight is 230 g/mol. The first-order valence-corrected chi connectivity index (χ1v) is 5.63. The summed E-state index contributed by atoms with van der Waals surface area (Å²) in [6.07, 6.45) is 1.38. The summed E-state index contributed by atoms with van der Waals surface area (Å²) in [5.41, 5.74) is 0. The van der Waals surface area contributed by atoms with E-state index in [4.69, 9.17) is 4.74 Å². The van der Waals surface area contributed by atoms with Gasteiger partial charge in [0.2, 0.25) is 11.8 Å². The summed E-state index contributed by atoms with van der Waals surface area (Å²) < 4.78 is 4.91. The molecule has 0 spiro atoms. The van der Waals surface area contributed by atoms with E-state index in [1.807, 2.05) is 6.92 Å². The molecule has 0 radical (unpaired) electrons. The third kappa shape index (κ3) is 7.23. The molecule has 0 unspecified atom stereocenters. The fourth-order valence-electron chi connectivity index (χ4n) is 1.27. The van der Waals surface area contributed by atoms with E-state index in [0.29, 0.717) is 32.7 Å². The number of nitrogens with zero attached hydrogens (tertiary/aromatic N) is 1. The average Bonchev–Trinajstić information content (AvgIpc) is 2.23. The predicted octanol–water partition coefficient (Wildman–Crippen LogP) is 0.398. The van der Waals surface area contributed by atoms with Crippen molar-refractivity contribution in [1.29, 1.82) is 0 Å². The molecule has 16 heavy (non-hydrogen) atoms. The Bertz CT molecular complexity index is 219. The molecule has 2 amide bonds. The van der Waals surface area contributed by atoms with Crippen LogP contribution in [0.4, 0.5) is 0 Å². The lowest BCUT2D eigenvalue weighted by Crippen LogP contribution is -2.39. The van der Waals surface area contributed by atoms with Crippen molar-refractivity contribution >= 4 is 11.8 Å². The Balaban J connectivity index is 3.75. The largest absolute Gasteiger partial charge is 0.383 e. The molecule has 0 atom stereocenters. The molecule has 1 N–H and O–H groups in total. The highest BCUT2D eigenvalue weighted by molar-refractivity contribution is 5.76. The first-order valence-electron chi connectivity index (χ1n) is 5.63. The number of hydrogen-bond acceptors (Lipinski definition) is 3. The predicted molar refractivity (Wildman–Crippen MR) is 62.0 cm³/mol. The molecule has 0 fully saturated rings. The normalized spacial score (nSPS) is 9.94. The quantitative estimate of drug-likeness (QED) is 0.656. The van der Waals surface area contributed by atoms with E-state index in [1.54, 1.807) is 12.0 Å². The van der Waals surface area contributed by atoms with E-state index in [0.717, 1.165) is 6.42 Å². The third-order valence-corrected chi connectivity index (χ3v) is 2.19. The van der Waals surface area contributed by atoms with Crippen LogP contribution >= 0.6 is 0 Å². The summed E-state index contributed by atoms with van der Waals surface area (Å²) in [6.45, 7) is 5.60. The van der Waals surface area contributed by atoms with Crippen LogP contribution in [0.15, 0.2) is 0 Å². The van der Waals surface area contributed by atoms with Crippen molar-refractivity contribution in [3.8, 4) is 0 Å². The molecular formula is C11H22N2O3. The minimum absolute atomic E-state index is 0.00166. The van der Waals surface area contributed by atoms with Crippen molar-refractivity contribution < 1.29 is 14.3 Å². The van der Waals surface area contributed by atoms with E-state index < -0.39 is 0 Å². The number of methoxy groups -OCH3 is 1. The zero-order valence-corrected chi connectivity index (χ0v) is 10.4. The number of nitrogens with one attached hydrogen (secondary N) is 1. The Labute approximate surface area is 97.1 Å². The van der Waals surface area contributed by atoms with Gasteiger partial charge in [0.05, 0.1) is 6.61 Å². The number of carbonyl (C=O) groups excluding carboxylic acids is 2. The fraction of sp³-hybridized carbons (Fsp3) is 0.818. The number of rotatable bonds is 8. The molecule has 5 heteroatoms. The lowest BCUT2D eigenvalue weighted by Gasteiger charge is -2.20. The summed E-state index contributed by atoms with van der Waals surface area (Å²) in [4.78, 5) is 24.0. The van der Waals surface area contributed by atoms with Gasteiger partial charge >= 0.3 is 0 Å². The molecule has 0 saturated carbocycles. The van der Waals surface area contributed by atoms with Gasteiger partial charge in [-0.05, 0) is 6.42 Å². The van der Waals surface area contributed by atoms with Gasteiger partial charge in [-0.2, -0.15) is 0 Å². The third-order valence-electron chi connectivity index (χ3n) is 2.19. The highest BCUT2D eigenvalue weighted by atomic mass is 16.5. The second kappa shape index (κ2) is 9.15. The lowest BCUT2D eigenvalue weighted by molar-refractivity contribution is -0.130. The minimum atomic E-state index is 0.00166. The Kier molecular flexibility index (Phi) is 8.52. The van der Waals surface area contributed by atoms with Crippen LogP contribution in [0, 0.1) is 0 Å². The summed E-state index contributed by atoms with van der Waals surface area (Å²) in [5.74, 6) is 0.0412. The topological polar surface area (TPSA) is 58.6 Å². The zero-order chi connectivity index (χ0) is 12.4. The van der Waals surface area contributed by atoms with Crippen LogP contribution in [0.1, 0.15) is 26.7 Å². The molecule has 0 aliphatic heterocycles.